The first-order valence-corrected chi connectivity index (χ1v) is 21.1. The average Bonchev–Trinajstić information content (AvgIpc) is 3.96. The number of nitrogens with two attached hydrogens (primary N) is 1. The fourth-order valence-corrected chi connectivity index (χ4v) is 9.21. The third-order valence-electron chi connectivity index (χ3n) is 12.5. The first-order valence-electron chi connectivity index (χ1n) is 20.3. The molecule has 14 heteroatoms. The summed E-state index contributed by atoms with van der Waals surface area (Å²) >= 11 is 1.49. The van der Waals surface area contributed by atoms with Crippen LogP contribution in [0.25, 0.3) is 0 Å². The molecule has 3 heterocycles. The molecule has 0 aliphatic carbocycles. The summed E-state index contributed by atoms with van der Waals surface area (Å²) in [6, 6.07) is 5.76. The average molecular weight is 798 g/mol. The first-order chi connectivity index (χ1) is 26.6. The Bertz CT molecular complexity index is 1590. The van der Waals surface area contributed by atoms with Crippen LogP contribution in [0.4, 0.5) is 5.69 Å². The molecule has 2 aliphatic rings. The Balaban J connectivity index is 1.48. The van der Waals surface area contributed by atoms with Crippen molar-refractivity contribution in [3.05, 3.63) is 46.4 Å². The molecule has 2 aliphatic heterocycles. The maximum Gasteiger partial charge on any atom is 0.245 e. The highest BCUT2D eigenvalue weighted by Gasteiger charge is 2.45. The molecule has 13 nitrogen and oxygen atoms in total. The second kappa shape index (κ2) is 20.2. The van der Waals surface area contributed by atoms with Crippen molar-refractivity contribution < 1.29 is 28.7 Å². The van der Waals surface area contributed by atoms with Crippen LogP contribution in [0.15, 0.2) is 35.8 Å². The molecule has 9 atom stereocenters. The van der Waals surface area contributed by atoms with Gasteiger partial charge in [-0.25, -0.2) is 4.98 Å². The number of carbonyl (C=O) groups is 4. The summed E-state index contributed by atoms with van der Waals surface area (Å²) in [4.78, 5) is 66.3. The molecule has 1 unspecified atom stereocenters. The van der Waals surface area contributed by atoms with Crippen LogP contribution in [0.3, 0.4) is 0 Å². The molecule has 4 amide bonds. The zero-order valence-corrected chi connectivity index (χ0v) is 36.1. The van der Waals surface area contributed by atoms with Crippen LogP contribution in [-0.2, 0) is 35.1 Å². The lowest BCUT2D eigenvalue weighted by Crippen LogP contribution is -2.61. The summed E-state index contributed by atoms with van der Waals surface area (Å²) in [5, 5.41) is 9.02. The van der Waals surface area contributed by atoms with E-state index in [2.05, 4.69) is 34.4 Å². The quantitative estimate of drug-likeness (QED) is 0.172. The van der Waals surface area contributed by atoms with Crippen molar-refractivity contribution in [2.75, 3.05) is 47.1 Å². The third-order valence-corrected chi connectivity index (χ3v) is 13.3. The standard InChI is InChI=1S/C42H67N7O6S/c1-11-27(4)36(48(8)40(52)35(26(2)3)46-41(53)42(6)19-13-21-47(42)7)33(54-9)25-34(50)49-22-12-14-32(49)37(55-10)28(5)38(51)45-31(39-44-20-23-56-39)24-29-15-17-30(43)18-16-29/h15-18,20,23,26-28,31-33,35-37H,11-14,19,21-22,24-25,43H2,1-10H3,(H,45,51)(H,46,53)/t27-,28+,31-,32-,33+,35?,36-,37+,42-/m0/s1. The molecule has 1 aromatic heterocycles. The van der Waals surface area contributed by atoms with E-state index in [0.29, 0.717) is 25.1 Å². The Morgan fingerprint density at radius 3 is 2.30 bits per heavy atom. The molecular formula is C42H67N7O6S. The molecule has 2 aromatic rings. The first kappa shape index (κ1) is 45.1. The molecule has 0 radical (unpaired) electrons. The predicted molar refractivity (Wildman–Crippen MR) is 221 cm³/mol. The topological polar surface area (TPSA) is 159 Å². The van der Waals surface area contributed by atoms with Gasteiger partial charge in [0.05, 0.1) is 48.2 Å². The van der Waals surface area contributed by atoms with Gasteiger partial charge in [-0.2, -0.15) is 0 Å². The highest BCUT2D eigenvalue weighted by molar-refractivity contribution is 7.09. The number of nitrogens with zero attached hydrogens (tertiary/aromatic N) is 4. The number of likely N-dealkylation sites (tertiary alicyclic amines) is 2. The molecule has 312 valence electrons. The smallest absolute Gasteiger partial charge is 0.245 e. The van der Waals surface area contributed by atoms with Crippen LogP contribution in [0.5, 0.6) is 0 Å². The van der Waals surface area contributed by atoms with Gasteiger partial charge in [0.1, 0.15) is 11.0 Å². The van der Waals surface area contributed by atoms with Gasteiger partial charge in [0, 0.05) is 45.1 Å². The van der Waals surface area contributed by atoms with E-state index >= 15 is 0 Å². The number of benzene rings is 1. The van der Waals surface area contributed by atoms with Crippen LogP contribution in [0.1, 0.15) is 96.7 Å². The highest BCUT2D eigenvalue weighted by atomic mass is 32.1. The van der Waals surface area contributed by atoms with Gasteiger partial charge in [-0.05, 0) is 82.2 Å². The number of anilines is 1. The molecule has 56 heavy (non-hydrogen) atoms. The summed E-state index contributed by atoms with van der Waals surface area (Å²) in [7, 11) is 6.88. The van der Waals surface area contributed by atoms with Gasteiger partial charge in [0.15, 0.2) is 0 Å². The number of carbonyl (C=O) groups excluding carboxylic acids is 4. The van der Waals surface area contributed by atoms with E-state index in [4.69, 9.17) is 15.2 Å². The number of hydrogen-bond acceptors (Lipinski definition) is 10. The summed E-state index contributed by atoms with van der Waals surface area (Å²) in [5.41, 5.74) is 6.93. The van der Waals surface area contributed by atoms with Gasteiger partial charge in [-0.15, -0.1) is 11.3 Å². The third kappa shape index (κ3) is 10.5. The normalized spacial score (nSPS) is 22.6. The number of aromatic nitrogens is 1. The number of amides is 4. The zero-order chi connectivity index (χ0) is 41.3. The second-order valence-electron chi connectivity index (χ2n) is 16.5. The number of rotatable bonds is 19. The van der Waals surface area contributed by atoms with Crippen molar-refractivity contribution in [1.29, 1.82) is 0 Å². The van der Waals surface area contributed by atoms with E-state index in [1.807, 2.05) is 69.3 Å². The number of thiazole rings is 1. The van der Waals surface area contributed by atoms with Gasteiger partial charge >= 0.3 is 0 Å². The van der Waals surface area contributed by atoms with Crippen molar-refractivity contribution in [1.82, 2.24) is 30.3 Å². The number of likely N-dealkylation sites (N-methyl/N-ethyl adjacent to an activating group) is 2. The minimum Gasteiger partial charge on any atom is -0.399 e. The Morgan fingerprint density at radius 1 is 1.05 bits per heavy atom. The largest absolute Gasteiger partial charge is 0.399 e. The van der Waals surface area contributed by atoms with Gasteiger partial charge in [-0.1, -0.05) is 53.2 Å². The molecular weight excluding hydrogens is 731 g/mol. The summed E-state index contributed by atoms with van der Waals surface area (Å²) in [6.45, 7) is 13.1. The van der Waals surface area contributed by atoms with Crippen LogP contribution in [0, 0.1) is 17.8 Å². The molecule has 2 saturated heterocycles. The highest BCUT2D eigenvalue weighted by Crippen LogP contribution is 2.31. The van der Waals surface area contributed by atoms with Crippen molar-refractivity contribution >= 4 is 40.7 Å². The number of hydrogen-bond donors (Lipinski definition) is 3. The van der Waals surface area contributed by atoms with Crippen LogP contribution < -0.4 is 16.4 Å². The van der Waals surface area contributed by atoms with E-state index in [1.165, 1.54) is 11.3 Å². The van der Waals surface area contributed by atoms with E-state index in [0.717, 1.165) is 42.8 Å². The number of nitrogens with one attached hydrogen (secondary N) is 2. The molecule has 0 bridgehead atoms. The number of methoxy groups -OCH3 is 2. The van der Waals surface area contributed by atoms with Crippen molar-refractivity contribution in [2.45, 2.75) is 128 Å². The van der Waals surface area contributed by atoms with Crippen molar-refractivity contribution in [3.63, 3.8) is 0 Å². The lowest BCUT2D eigenvalue weighted by molar-refractivity contribution is -0.148. The van der Waals surface area contributed by atoms with E-state index in [9.17, 15) is 19.2 Å². The monoisotopic (exact) mass is 797 g/mol. The molecule has 0 spiro atoms. The van der Waals surface area contributed by atoms with Crippen molar-refractivity contribution in [3.8, 4) is 0 Å². The second-order valence-corrected chi connectivity index (χ2v) is 17.4. The van der Waals surface area contributed by atoms with Crippen LogP contribution >= 0.6 is 11.3 Å². The van der Waals surface area contributed by atoms with Gasteiger partial charge in [0.2, 0.25) is 23.6 Å². The van der Waals surface area contributed by atoms with Gasteiger partial charge in [0.25, 0.3) is 0 Å². The van der Waals surface area contributed by atoms with E-state index in [1.54, 1.807) is 32.4 Å². The lowest BCUT2D eigenvalue weighted by atomic mass is 9.89. The summed E-state index contributed by atoms with van der Waals surface area (Å²) < 4.78 is 12.1. The SMILES string of the molecule is CC[C@H](C)[C@@H]([C@@H](CC(=O)N1CCC[C@H]1[C@H](OC)[C@@H](C)C(=O)N[C@@H](Cc1ccc(N)cc1)c1nccs1)OC)N(C)C(=O)C(NC(=O)[C@]1(C)CCCN1C)C(C)C. The Kier molecular flexibility index (Phi) is 16.3. The Morgan fingerprint density at radius 2 is 1.75 bits per heavy atom. The van der Waals surface area contributed by atoms with Gasteiger partial charge < -0.3 is 35.6 Å². The fraction of sp³-hybridized carbons (Fsp3) is 0.690. The maximum absolute atomic E-state index is 14.3. The van der Waals surface area contributed by atoms with Crippen LogP contribution in [0.2, 0.25) is 0 Å². The minimum atomic E-state index is -0.738. The van der Waals surface area contributed by atoms with Gasteiger partial charge in [-0.3, -0.25) is 24.1 Å². The minimum absolute atomic E-state index is 0.00691. The molecule has 4 N–H and O–H groups in total. The Labute approximate surface area is 338 Å². The molecule has 0 saturated carbocycles. The van der Waals surface area contributed by atoms with E-state index in [-0.39, 0.29) is 54.0 Å². The summed E-state index contributed by atoms with van der Waals surface area (Å²) in [5.74, 6) is -1.38. The number of ether oxygens (including phenoxy) is 2. The van der Waals surface area contributed by atoms with Crippen LogP contribution in [-0.4, -0.2) is 121 Å². The molecule has 4 rings (SSSR count). The lowest BCUT2D eigenvalue weighted by Gasteiger charge is -2.41. The Hall–Kier alpha value is -3.59. The molecule has 2 fully saturated rings. The molecule has 1 aromatic carbocycles. The zero-order valence-electron chi connectivity index (χ0n) is 35.2. The number of nitrogen functional groups attached to an aromatic ring is 1. The fourth-order valence-electron chi connectivity index (χ4n) is 8.52. The van der Waals surface area contributed by atoms with Crippen molar-refractivity contribution in [2.24, 2.45) is 17.8 Å². The van der Waals surface area contributed by atoms with E-state index < -0.39 is 35.7 Å². The predicted octanol–water partition coefficient (Wildman–Crippen LogP) is 4.67. The maximum atomic E-state index is 14.3. The summed E-state index contributed by atoms with van der Waals surface area (Å²) in [6.07, 6.45) is 5.04.